The number of aromatic nitrogens is 1. The van der Waals surface area contributed by atoms with Gasteiger partial charge in [-0.1, -0.05) is 11.6 Å². The third-order valence-electron chi connectivity index (χ3n) is 2.32. The van der Waals surface area contributed by atoms with Crippen LogP contribution in [-0.4, -0.2) is 10.1 Å². The molecular formula is C12H12ClNO2. The van der Waals surface area contributed by atoms with Crippen molar-refractivity contribution in [3.63, 3.8) is 0 Å². The molecule has 0 saturated carbocycles. The fourth-order valence-corrected chi connectivity index (χ4v) is 1.64. The number of aliphatic hydroxyl groups is 1. The first-order chi connectivity index (χ1) is 7.58. The summed E-state index contributed by atoms with van der Waals surface area (Å²) in [4.78, 5) is 4.25. The van der Waals surface area contributed by atoms with Gasteiger partial charge in [0.15, 0.2) is 0 Å². The van der Waals surface area contributed by atoms with Crippen molar-refractivity contribution < 1.29 is 9.52 Å². The van der Waals surface area contributed by atoms with E-state index in [9.17, 15) is 5.11 Å². The number of aliphatic hydroxyl groups excluding tert-OH is 1. The third-order valence-corrected chi connectivity index (χ3v) is 2.57. The van der Waals surface area contributed by atoms with Gasteiger partial charge in [-0.3, -0.25) is 0 Å². The summed E-state index contributed by atoms with van der Waals surface area (Å²) in [5, 5.41) is 10.1. The summed E-state index contributed by atoms with van der Waals surface area (Å²) < 4.78 is 5.49. The lowest BCUT2D eigenvalue weighted by atomic mass is 10.2. The number of hydrogen-bond acceptors (Lipinski definition) is 3. The minimum Gasteiger partial charge on any atom is -0.441 e. The number of rotatable bonds is 2. The minimum absolute atomic E-state index is 0.505. The van der Waals surface area contributed by atoms with Crippen molar-refractivity contribution in [2.45, 2.75) is 20.0 Å². The zero-order chi connectivity index (χ0) is 11.7. The van der Waals surface area contributed by atoms with E-state index in [-0.39, 0.29) is 0 Å². The Balaban J connectivity index is 2.41. The third kappa shape index (κ3) is 2.10. The predicted molar refractivity (Wildman–Crippen MR) is 62.3 cm³/mol. The van der Waals surface area contributed by atoms with Crippen LogP contribution in [0.1, 0.15) is 24.5 Å². The Bertz CT molecular complexity index is 488. The summed E-state index contributed by atoms with van der Waals surface area (Å²) in [6, 6.07) is 7.22. The van der Waals surface area contributed by atoms with Gasteiger partial charge in [0.25, 0.3) is 0 Å². The summed E-state index contributed by atoms with van der Waals surface area (Å²) >= 11 is 5.80. The first-order valence-corrected chi connectivity index (χ1v) is 5.37. The van der Waals surface area contributed by atoms with Crippen LogP contribution >= 0.6 is 11.6 Å². The topological polar surface area (TPSA) is 46.3 Å². The van der Waals surface area contributed by atoms with E-state index in [0.29, 0.717) is 22.4 Å². The fourth-order valence-electron chi connectivity index (χ4n) is 1.51. The van der Waals surface area contributed by atoms with E-state index >= 15 is 0 Å². The first kappa shape index (κ1) is 11.2. The Morgan fingerprint density at radius 2 is 1.94 bits per heavy atom. The lowest BCUT2D eigenvalue weighted by molar-refractivity contribution is 0.193. The maximum Gasteiger partial charge on any atom is 0.226 e. The van der Waals surface area contributed by atoms with Gasteiger partial charge in [0.1, 0.15) is 11.5 Å². The van der Waals surface area contributed by atoms with E-state index in [1.807, 2.05) is 12.1 Å². The van der Waals surface area contributed by atoms with Gasteiger partial charge in [0, 0.05) is 10.6 Å². The molecule has 0 spiro atoms. The van der Waals surface area contributed by atoms with Crippen LogP contribution in [0.15, 0.2) is 28.7 Å². The van der Waals surface area contributed by atoms with Gasteiger partial charge in [0.2, 0.25) is 5.89 Å². The average Bonchev–Trinajstić information content (AvgIpc) is 2.61. The number of oxazole rings is 1. The molecule has 0 fully saturated rings. The second kappa shape index (κ2) is 4.28. The number of hydrogen-bond donors (Lipinski definition) is 1. The molecule has 1 N–H and O–H groups in total. The Labute approximate surface area is 98.7 Å². The smallest absolute Gasteiger partial charge is 0.226 e. The van der Waals surface area contributed by atoms with E-state index < -0.39 is 6.10 Å². The van der Waals surface area contributed by atoms with E-state index in [1.165, 1.54) is 0 Å². The Morgan fingerprint density at radius 3 is 2.44 bits per heavy atom. The maximum atomic E-state index is 9.47. The van der Waals surface area contributed by atoms with Gasteiger partial charge < -0.3 is 9.52 Å². The van der Waals surface area contributed by atoms with Crippen molar-refractivity contribution in [3.05, 3.63) is 40.7 Å². The highest BCUT2D eigenvalue weighted by atomic mass is 35.5. The van der Waals surface area contributed by atoms with Crippen LogP contribution < -0.4 is 0 Å². The van der Waals surface area contributed by atoms with E-state index in [1.54, 1.807) is 26.0 Å². The summed E-state index contributed by atoms with van der Waals surface area (Å²) in [7, 11) is 0. The molecule has 1 atom stereocenters. The number of benzene rings is 1. The summed E-state index contributed by atoms with van der Waals surface area (Å²) in [6.45, 7) is 3.45. The molecule has 0 bridgehead atoms. The second-order valence-electron chi connectivity index (χ2n) is 3.64. The molecule has 2 rings (SSSR count). The normalized spacial score (nSPS) is 12.8. The molecule has 1 heterocycles. The Morgan fingerprint density at radius 1 is 1.31 bits per heavy atom. The van der Waals surface area contributed by atoms with Gasteiger partial charge in [-0.05, 0) is 38.1 Å². The molecule has 0 saturated heterocycles. The molecule has 84 valence electrons. The molecule has 2 aromatic rings. The van der Waals surface area contributed by atoms with Gasteiger partial charge in [0.05, 0.1) is 6.10 Å². The van der Waals surface area contributed by atoms with Crippen molar-refractivity contribution in [1.29, 1.82) is 0 Å². The molecule has 0 radical (unpaired) electrons. The number of aryl methyl sites for hydroxylation is 1. The molecule has 16 heavy (non-hydrogen) atoms. The number of halogens is 1. The molecule has 1 aromatic carbocycles. The molecule has 0 aliphatic rings. The number of nitrogens with zero attached hydrogens (tertiary/aromatic N) is 1. The fraction of sp³-hybridized carbons (Fsp3) is 0.250. The quantitative estimate of drug-likeness (QED) is 0.871. The van der Waals surface area contributed by atoms with Gasteiger partial charge in [-0.25, -0.2) is 4.98 Å². The van der Waals surface area contributed by atoms with Gasteiger partial charge in [-0.2, -0.15) is 0 Å². The first-order valence-electron chi connectivity index (χ1n) is 4.99. The van der Waals surface area contributed by atoms with Crippen LogP contribution in [-0.2, 0) is 0 Å². The molecule has 3 nitrogen and oxygen atoms in total. The van der Waals surface area contributed by atoms with Crippen LogP contribution in [0.2, 0.25) is 5.02 Å². The summed E-state index contributed by atoms with van der Waals surface area (Å²) in [6.07, 6.45) is -0.621. The molecule has 0 amide bonds. The van der Waals surface area contributed by atoms with Crippen molar-refractivity contribution in [3.8, 4) is 11.5 Å². The molecule has 0 aliphatic heterocycles. The molecule has 1 unspecified atom stereocenters. The van der Waals surface area contributed by atoms with Crippen LogP contribution in [0.3, 0.4) is 0 Å². The molecular weight excluding hydrogens is 226 g/mol. The maximum absolute atomic E-state index is 9.47. The second-order valence-corrected chi connectivity index (χ2v) is 4.08. The van der Waals surface area contributed by atoms with Crippen LogP contribution in [0, 0.1) is 6.92 Å². The van der Waals surface area contributed by atoms with Crippen LogP contribution in [0.25, 0.3) is 11.5 Å². The predicted octanol–water partition coefficient (Wildman–Crippen LogP) is 3.36. The van der Waals surface area contributed by atoms with E-state index in [2.05, 4.69) is 4.98 Å². The van der Waals surface area contributed by atoms with Crippen molar-refractivity contribution in [2.24, 2.45) is 0 Å². The average molecular weight is 238 g/mol. The largest absolute Gasteiger partial charge is 0.441 e. The highest BCUT2D eigenvalue weighted by Gasteiger charge is 2.14. The SMILES string of the molecule is Cc1oc(-c2ccc(Cl)cc2)nc1C(C)O. The van der Waals surface area contributed by atoms with Crippen molar-refractivity contribution in [2.75, 3.05) is 0 Å². The highest BCUT2D eigenvalue weighted by Crippen LogP contribution is 2.25. The van der Waals surface area contributed by atoms with Crippen LogP contribution in [0.5, 0.6) is 0 Å². The Kier molecular flexibility index (Phi) is 2.99. The molecule has 1 aromatic heterocycles. The lowest BCUT2D eigenvalue weighted by Crippen LogP contribution is -1.93. The van der Waals surface area contributed by atoms with E-state index in [4.69, 9.17) is 16.0 Å². The van der Waals surface area contributed by atoms with Gasteiger partial charge >= 0.3 is 0 Å². The van der Waals surface area contributed by atoms with Gasteiger partial charge in [-0.15, -0.1) is 0 Å². The van der Waals surface area contributed by atoms with Crippen molar-refractivity contribution in [1.82, 2.24) is 4.98 Å². The van der Waals surface area contributed by atoms with Crippen LogP contribution in [0.4, 0.5) is 0 Å². The zero-order valence-electron chi connectivity index (χ0n) is 9.07. The lowest BCUT2D eigenvalue weighted by Gasteiger charge is -1.97. The summed E-state index contributed by atoms with van der Waals surface area (Å²) in [5.41, 5.74) is 1.42. The Hall–Kier alpha value is -1.32. The monoisotopic (exact) mass is 237 g/mol. The standard InChI is InChI=1S/C12H12ClNO2/c1-7(15)11-8(2)16-12(14-11)9-3-5-10(13)6-4-9/h3-7,15H,1-2H3. The van der Waals surface area contributed by atoms with E-state index in [0.717, 1.165) is 5.56 Å². The van der Waals surface area contributed by atoms with Crippen molar-refractivity contribution >= 4 is 11.6 Å². The minimum atomic E-state index is -0.621. The highest BCUT2D eigenvalue weighted by molar-refractivity contribution is 6.30. The molecule has 0 aliphatic carbocycles. The summed E-state index contributed by atoms with van der Waals surface area (Å²) in [5.74, 6) is 1.14. The zero-order valence-corrected chi connectivity index (χ0v) is 9.82. The molecule has 4 heteroatoms.